The molecule has 0 bridgehead atoms. The minimum absolute atomic E-state index is 0.137. The van der Waals surface area contributed by atoms with Gasteiger partial charge < -0.3 is 11.1 Å². The van der Waals surface area contributed by atoms with Gasteiger partial charge in [0.15, 0.2) is 11.0 Å². The highest BCUT2D eigenvalue weighted by atomic mass is 32.2. The molecule has 4 rings (SSSR count). The van der Waals surface area contributed by atoms with Gasteiger partial charge in [0.1, 0.15) is 0 Å². The quantitative estimate of drug-likeness (QED) is 0.422. The smallest absolute Gasteiger partial charge is 0.248 e. The van der Waals surface area contributed by atoms with Crippen LogP contribution in [0.25, 0.3) is 17.1 Å². The number of carbonyl (C=O) groups is 2. The van der Waals surface area contributed by atoms with E-state index in [1.54, 1.807) is 36.7 Å². The normalized spacial score (nSPS) is 10.7. The Morgan fingerprint density at radius 3 is 2.41 bits per heavy atom. The van der Waals surface area contributed by atoms with Gasteiger partial charge >= 0.3 is 0 Å². The first kappa shape index (κ1) is 21.3. The van der Waals surface area contributed by atoms with Crippen LogP contribution in [0.15, 0.2) is 78.2 Å². The number of aryl methyl sites for hydroxylation is 1. The molecule has 9 heteroatoms. The van der Waals surface area contributed by atoms with Gasteiger partial charge in [0.05, 0.1) is 11.4 Å². The number of pyridine rings is 1. The fourth-order valence-electron chi connectivity index (χ4n) is 3.13. The fraction of sp³-hybridized carbons (Fsp3) is 0.0870. The highest BCUT2D eigenvalue weighted by molar-refractivity contribution is 7.99. The SMILES string of the molecule is Cc1ccccc1-n1c(SCC(=O)Nc2ccc(C(N)=O)cc2)nnc1-c1ccncc1. The number of carbonyl (C=O) groups excluding carboxylic acids is 2. The van der Waals surface area contributed by atoms with Crippen LogP contribution in [-0.2, 0) is 4.79 Å². The molecule has 160 valence electrons. The fourth-order valence-corrected chi connectivity index (χ4v) is 3.87. The third kappa shape index (κ3) is 4.68. The summed E-state index contributed by atoms with van der Waals surface area (Å²) in [6.45, 7) is 2.02. The highest BCUT2D eigenvalue weighted by Gasteiger charge is 2.18. The van der Waals surface area contributed by atoms with E-state index in [1.165, 1.54) is 11.8 Å². The van der Waals surface area contributed by atoms with E-state index in [2.05, 4.69) is 20.5 Å². The maximum atomic E-state index is 12.5. The van der Waals surface area contributed by atoms with Crippen molar-refractivity contribution in [3.8, 4) is 17.1 Å². The molecule has 0 unspecified atom stereocenters. The van der Waals surface area contributed by atoms with Crippen LogP contribution in [0.5, 0.6) is 0 Å². The first-order valence-electron chi connectivity index (χ1n) is 9.77. The highest BCUT2D eigenvalue weighted by Crippen LogP contribution is 2.29. The summed E-state index contributed by atoms with van der Waals surface area (Å²) in [6, 6.07) is 18.1. The summed E-state index contributed by atoms with van der Waals surface area (Å²) in [5, 5.41) is 12.1. The minimum Gasteiger partial charge on any atom is -0.366 e. The van der Waals surface area contributed by atoms with Crippen LogP contribution in [0.2, 0.25) is 0 Å². The molecule has 32 heavy (non-hydrogen) atoms. The van der Waals surface area contributed by atoms with E-state index >= 15 is 0 Å². The van der Waals surface area contributed by atoms with Crippen LogP contribution in [0, 0.1) is 6.92 Å². The van der Waals surface area contributed by atoms with E-state index in [1.807, 2.05) is 47.9 Å². The molecule has 0 aliphatic rings. The third-order valence-corrected chi connectivity index (χ3v) is 5.64. The molecule has 0 radical (unpaired) electrons. The Morgan fingerprint density at radius 1 is 1.00 bits per heavy atom. The molecule has 2 aromatic heterocycles. The molecule has 8 nitrogen and oxygen atoms in total. The molecule has 0 aliphatic heterocycles. The Labute approximate surface area is 188 Å². The predicted molar refractivity (Wildman–Crippen MR) is 124 cm³/mol. The van der Waals surface area contributed by atoms with Crippen molar-refractivity contribution in [3.05, 3.63) is 84.2 Å². The number of benzene rings is 2. The summed E-state index contributed by atoms with van der Waals surface area (Å²) in [6.07, 6.45) is 3.41. The lowest BCUT2D eigenvalue weighted by molar-refractivity contribution is -0.113. The molecule has 0 atom stereocenters. The number of anilines is 1. The zero-order chi connectivity index (χ0) is 22.5. The molecule has 4 aromatic rings. The predicted octanol–water partition coefficient (Wildman–Crippen LogP) is 3.47. The van der Waals surface area contributed by atoms with Gasteiger partial charge in [-0.15, -0.1) is 10.2 Å². The molecule has 0 fully saturated rings. The summed E-state index contributed by atoms with van der Waals surface area (Å²) >= 11 is 1.29. The number of hydrogen-bond donors (Lipinski definition) is 2. The molecule has 2 heterocycles. The maximum absolute atomic E-state index is 12.5. The van der Waals surface area contributed by atoms with Gasteiger partial charge in [-0.2, -0.15) is 0 Å². The number of para-hydroxylation sites is 1. The molecule has 0 saturated heterocycles. The Morgan fingerprint density at radius 2 is 1.72 bits per heavy atom. The zero-order valence-electron chi connectivity index (χ0n) is 17.2. The number of rotatable bonds is 7. The summed E-state index contributed by atoms with van der Waals surface area (Å²) in [4.78, 5) is 27.8. The largest absolute Gasteiger partial charge is 0.366 e. The van der Waals surface area contributed by atoms with Crippen molar-refractivity contribution in [3.63, 3.8) is 0 Å². The lowest BCUT2D eigenvalue weighted by Gasteiger charge is -2.13. The Bertz CT molecular complexity index is 1260. The van der Waals surface area contributed by atoms with Crippen LogP contribution in [-0.4, -0.2) is 37.3 Å². The second-order valence-electron chi connectivity index (χ2n) is 6.94. The first-order valence-corrected chi connectivity index (χ1v) is 10.8. The molecule has 0 spiro atoms. The maximum Gasteiger partial charge on any atom is 0.248 e. The Kier molecular flexibility index (Phi) is 6.27. The van der Waals surface area contributed by atoms with Crippen molar-refractivity contribution in [2.24, 2.45) is 5.73 Å². The molecule has 0 aliphatic carbocycles. The van der Waals surface area contributed by atoms with Crippen LogP contribution >= 0.6 is 11.8 Å². The number of nitrogens with one attached hydrogen (secondary N) is 1. The number of hydrogen-bond acceptors (Lipinski definition) is 6. The van der Waals surface area contributed by atoms with Gasteiger partial charge in [0.2, 0.25) is 11.8 Å². The third-order valence-electron chi connectivity index (χ3n) is 4.71. The van der Waals surface area contributed by atoms with Gasteiger partial charge in [0, 0.05) is 29.2 Å². The molecule has 3 N–H and O–H groups in total. The van der Waals surface area contributed by atoms with E-state index in [9.17, 15) is 9.59 Å². The summed E-state index contributed by atoms with van der Waals surface area (Å²) in [7, 11) is 0. The topological polar surface area (TPSA) is 116 Å². The number of nitrogens with two attached hydrogens (primary N) is 1. The summed E-state index contributed by atoms with van der Waals surface area (Å²) in [5.41, 5.74) is 9.08. The van der Waals surface area contributed by atoms with Gasteiger partial charge in [-0.05, 0) is 55.0 Å². The van der Waals surface area contributed by atoms with Crippen molar-refractivity contribution in [1.82, 2.24) is 19.7 Å². The summed E-state index contributed by atoms with van der Waals surface area (Å²) in [5.74, 6) is 0.0926. The lowest BCUT2D eigenvalue weighted by Crippen LogP contribution is -2.15. The first-order chi connectivity index (χ1) is 15.5. The number of thioether (sulfide) groups is 1. The number of primary amides is 1. The van der Waals surface area contributed by atoms with Crippen molar-refractivity contribution < 1.29 is 9.59 Å². The van der Waals surface area contributed by atoms with Gasteiger partial charge in [-0.25, -0.2) is 0 Å². The van der Waals surface area contributed by atoms with Crippen LogP contribution in [0.4, 0.5) is 5.69 Å². The van der Waals surface area contributed by atoms with Gasteiger partial charge in [-0.1, -0.05) is 30.0 Å². The number of nitrogens with zero attached hydrogens (tertiary/aromatic N) is 4. The Balaban J connectivity index is 1.56. The molecule has 2 aromatic carbocycles. The van der Waals surface area contributed by atoms with Gasteiger partial charge in [0.25, 0.3) is 0 Å². The number of amides is 2. The summed E-state index contributed by atoms with van der Waals surface area (Å²) < 4.78 is 1.95. The number of aromatic nitrogens is 4. The monoisotopic (exact) mass is 444 g/mol. The van der Waals surface area contributed by atoms with Crippen LogP contribution < -0.4 is 11.1 Å². The minimum atomic E-state index is -0.515. The van der Waals surface area contributed by atoms with Crippen molar-refractivity contribution in [1.29, 1.82) is 0 Å². The molecule has 2 amide bonds. The average molecular weight is 445 g/mol. The van der Waals surface area contributed by atoms with E-state index in [4.69, 9.17) is 5.73 Å². The lowest BCUT2D eigenvalue weighted by atomic mass is 10.2. The molecular weight excluding hydrogens is 424 g/mol. The van der Waals surface area contributed by atoms with E-state index in [0.29, 0.717) is 22.2 Å². The van der Waals surface area contributed by atoms with Crippen molar-refractivity contribution >= 4 is 29.3 Å². The molecule has 0 saturated carbocycles. The van der Waals surface area contributed by atoms with Crippen molar-refractivity contribution in [2.45, 2.75) is 12.1 Å². The van der Waals surface area contributed by atoms with Crippen LogP contribution in [0.3, 0.4) is 0 Å². The standard InChI is InChI=1S/C23H20N6O2S/c1-15-4-2-3-5-19(15)29-22(17-10-12-25-13-11-17)27-28-23(29)32-14-20(30)26-18-8-6-16(7-9-18)21(24)31/h2-13H,14H2,1H3,(H2,24,31)(H,26,30). The Hall–Kier alpha value is -3.98. The zero-order valence-corrected chi connectivity index (χ0v) is 18.0. The van der Waals surface area contributed by atoms with Gasteiger partial charge in [-0.3, -0.25) is 19.1 Å². The second-order valence-corrected chi connectivity index (χ2v) is 7.88. The van der Waals surface area contributed by atoms with Crippen LogP contribution in [0.1, 0.15) is 15.9 Å². The molecular formula is C23H20N6O2S. The van der Waals surface area contributed by atoms with E-state index < -0.39 is 5.91 Å². The van der Waals surface area contributed by atoms with E-state index in [-0.39, 0.29) is 11.7 Å². The van der Waals surface area contributed by atoms with Crippen molar-refractivity contribution in [2.75, 3.05) is 11.1 Å². The van der Waals surface area contributed by atoms with E-state index in [0.717, 1.165) is 16.8 Å². The average Bonchev–Trinajstić information content (AvgIpc) is 3.23. The second kappa shape index (κ2) is 9.44.